The van der Waals surface area contributed by atoms with Crippen LogP contribution >= 0.6 is 22.7 Å². The molecule has 0 aliphatic heterocycles. The highest BCUT2D eigenvalue weighted by Crippen LogP contribution is 2.25. The van der Waals surface area contributed by atoms with Crippen molar-refractivity contribution in [3.63, 3.8) is 0 Å². The summed E-state index contributed by atoms with van der Waals surface area (Å²) in [5.74, 6) is 1.59. The third kappa shape index (κ3) is 3.78. The van der Waals surface area contributed by atoms with Crippen molar-refractivity contribution in [3.05, 3.63) is 63.5 Å². The van der Waals surface area contributed by atoms with Gasteiger partial charge >= 0.3 is 0 Å². The van der Waals surface area contributed by atoms with Crippen molar-refractivity contribution in [2.45, 2.75) is 13.8 Å². The molecule has 0 aliphatic carbocycles. The van der Waals surface area contributed by atoms with Gasteiger partial charge in [0.1, 0.15) is 11.5 Å². The molecule has 3 rings (SSSR count). The van der Waals surface area contributed by atoms with Crippen LogP contribution in [0.25, 0.3) is 10.6 Å². The molecule has 0 atom stereocenters. The summed E-state index contributed by atoms with van der Waals surface area (Å²) in [5, 5.41) is 8.71. The van der Waals surface area contributed by atoms with Crippen LogP contribution < -0.4 is 4.80 Å². The fourth-order valence-electron chi connectivity index (χ4n) is 1.95. The molecule has 0 spiro atoms. The van der Waals surface area contributed by atoms with Crippen LogP contribution in [0.2, 0.25) is 0 Å². The SMILES string of the molecule is C=C(C)CN=c1scc(-c2cccs2)n1N=Cc1ccc(C)o1. The van der Waals surface area contributed by atoms with Crippen molar-refractivity contribution in [1.82, 2.24) is 4.68 Å². The second-order valence-corrected chi connectivity index (χ2v) is 6.94. The summed E-state index contributed by atoms with van der Waals surface area (Å²) in [7, 11) is 0. The van der Waals surface area contributed by atoms with Gasteiger partial charge in [-0.2, -0.15) is 5.10 Å². The second-order valence-electron chi connectivity index (χ2n) is 5.16. The Morgan fingerprint density at radius 2 is 2.22 bits per heavy atom. The smallest absolute Gasteiger partial charge is 0.206 e. The lowest BCUT2D eigenvalue weighted by Gasteiger charge is -2.00. The van der Waals surface area contributed by atoms with Crippen LogP contribution in [0, 0.1) is 6.92 Å². The van der Waals surface area contributed by atoms with E-state index in [4.69, 9.17) is 4.42 Å². The van der Waals surface area contributed by atoms with Gasteiger partial charge in [-0.15, -0.1) is 22.7 Å². The molecule has 3 aromatic rings. The first-order valence-electron chi connectivity index (χ1n) is 7.13. The quantitative estimate of drug-likeness (QED) is 0.495. The molecule has 3 aromatic heterocycles. The zero-order chi connectivity index (χ0) is 16.2. The second kappa shape index (κ2) is 6.93. The maximum absolute atomic E-state index is 5.55. The summed E-state index contributed by atoms with van der Waals surface area (Å²) in [5.41, 5.74) is 2.05. The van der Waals surface area contributed by atoms with Gasteiger partial charge in [-0.05, 0) is 37.4 Å². The molecule has 0 aliphatic rings. The van der Waals surface area contributed by atoms with Crippen LogP contribution in [0.15, 0.2) is 61.7 Å². The average Bonchev–Trinajstić information content (AvgIpc) is 3.23. The minimum absolute atomic E-state index is 0.597. The van der Waals surface area contributed by atoms with E-state index in [1.165, 1.54) is 0 Å². The molecule has 0 unspecified atom stereocenters. The monoisotopic (exact) mass is 343 g/mol. The third-order valence-corrected chi connectivity index (χ3v) is 4.75. The largest absolute Gasteiger partial charge is 0.460 e. The van der Waals surface area contributed by atoms with E-state index >= 15 is 0 Å². The topological polar surface area (TPSA) is 42.8 Å². The highest BCUT2D eigenvalue weighted by molar-refractivity contribution is 7.14. The molecule has 0 fully saturated rings. The van der Waals surface area contributed by atoms with Crippen LogP contribution in [0.4, 0.5) is 0 Å². The molecule has 0 aromatic carbocycles. The number of hydrogen-bond acceptors (Lipinski definition) is 5. The minimum atomic E-state index is 0.597. The van der Waals surface area contributed by atoms with Crippen molar-refractivity contribution in [2.75, 3.05) is 6.54 Å². The Bertz CT molecular complexity index is 895. The van der Waals surface area contributed by atoms with Crippen LogP contribution in [0.5, 0.6) is 0 Å². The maximum atomic E-state index is 5.55. The highest BCUT2D eigenvalue weighted by Gasteiger charge is 2.08. The molecule has 0 saturated carbocycles. The highest BCUT2D eigenvalue weighted by atomic mass is 32.1. The molecule has 0 radical (unpaired) electrons. The molecule has 4 nitrogen and oxygen atoms in total. The number of furan rings is 1. The first-order chi connectivity index (χ1) is 11.1. The maximum Gasteiger partial charge on any atom is 0.206 e. The number of hydrogen-bond donors (Lipinski definition) is 0. The zero-order valence-electron chi connectivity index (χ0n) is 13.0. The van der Waals surface area contributed by atoms with Gasteiger partial charge in [0, 0.05) is 5.38 Å². The Balaban J connectivity index is 2.03. The van der Waals surface area contributed by atoms with Crippen molar-refractivity contribution >= 4 is 28.9 Å². The predicted molar refractivity (Wildman–Crippen MR) is 97.3 cm³/mol. The van der Waals surface area contributed by atoms with Gasteiger partial charge in [0.05, 0.1) is 23.3 Å². The van der Waals surface area contributed by atoms with E-state index in [-0.39, 0.29) is 0 Å². The summed E-state index contributed by atoms with van der Waals surface area (Å²) in [4.78, 5) is 6.60. The van der Waals surface area contributed by atoms with Gasteiger partial charge in [0.25, 0.3) is 0 Å². The molecule has 0 N–H and O–H groups in total. The summed E-state index contributed by atoms with van der Waals surface area (Å²) in [6.45, 7) is 8.39. The third-order valence-electron chi connectivity index (χ3n) is 3.00. The number of thiazole rings is 1. The van der Waals surface area contributed by atoms with E-state index in [0.717, 1.165) is 32.5 Å². The molecule has 118 valence electrons. The summed E-state index contributed by atoms with van der Waals surface area (Å²) in [6.07, 6.45) is 1.72. The van der Waals surface area contributed by atoms with E-state index in [9.17, 15) is 0 Å². The Morgan fingerprint density at radius 1 is 1.35 bits per heavy atom. The summed E-state index contributed by atoms with van der Waals surface area (Å²) < 4.78 is 7.41. The van der Waals surface area contributed by atoms with E-state index in [1.54, 1.807) is 28.9 Å². The number of aromatic nitrogens is 1. The first kappa shape index (κ1) is 15.7. The predicted octanol–water partition coefficient (Wildman–Crippen LogP) is 4.54. The molecule has 23 heavy (non-hydrogen) atoms. The summed E-state index contributed by atoms with van der Waals surface area (Å²) >= 11 is 3.26. The molecular formula is C17H17N3OS2. The standard InChI is InChI=1S/C17H17N3OS2/c1-12(2)9-18-17-20(19-10-14-7-6-13(3)21-14)15(11-23-17)16-5-4-8-22-16/h4-8,10-11H,1,9H2,2-3H3. The van der Waals surface area contributed by atoms with Crippen molar-refractivity contribution in [2.24, 2.45) is 10.1 Å². The van der Waals surface area contributed by atoms with E-state index < -0.39 is 0 Å². The van der Waals surface area contributed by atoms with Crippen molar-refractivity contribution in [3.8, 4) is 10.6 Å². The van der Waals surface area contributed by atoms with Crippen LogP contribution in [0.3, 0.4) is 0 Å². The van der Waals surface area contributed by atoms with Gasteiger partial charge in [-0.25, -0.2) is 4.68 Å². The molecule has 6 heteroatoms. The molecule has 0 amide bonds. The Morgan fingerprint density at radius 3 is 2.87 bits per heavy atom. The fourth-order valence-corrected chi connectivity index (χ4v) is 3.58. The lowest BCUT2D eigenvalue weighted by atomic mass is 10.4. The van der Waals surface area contributed by atoms with Gasteiger partial charge in [-0.3, -0.25) is 4.99 Å². The van der Waals surface area contributed by atoms with Gasteiger partial charge < -0.3 is 4.42 Å². The van der Waals surface area contributed by atoms with Gasteiger partial charge in [0.15, 0.2) is 0 Å². The van der Waals surface area contributed by atoms with E-state index in [2.05, 4.69) is 33.5 Å². The average molecular weight is 343 g/mol. The Kier molecular flexibility index (Phi) is 4.73. The minimum Gasteiger partial charge on any atom is -0.460 e. The van der Waals surface area contributed by atoms with Crippen molar-refractivity contribution in [1.29, 1.82) is 0 Å². The van der Waals surface area contributed by atoms with Gasteiger partial charge in [-0.1, -0.05) is 18.2 Å². The Hall–Kier alpha value is -2.18. The first-order valence-corrected chi connectivity index (χ1v) is 8.89. The van der Waals surface area contributed by atoms with Crippen LogP contribution in [-0.2, 0) is 0 Å². The summed E-state index contributed by atoms with van der Waals surface area (Å²) in [6, 6.07) is 7.94. The number of rotatable bonds is 5. The number of nitrogens with zero attached hydrogens (tertiary/aromatic N) is 3. The van der Waals surface area contributed by atoms with E-state index in [0.29, 0.717) is 6.54 Å². The zero-order valence-corrected chi connectivity index (χ0v) is 14.7. The van der Waals surface area contributed by atoms with Crippen molar-refractivity contribution < 1.29 is 4.42 Å². The normalized spacial score (nSPS) is 12.3. The lowest BCUT2D eigenvalue weighted by Crippen LogP contribution is -2.12. The van der Waals surface area contributed by atoms with Crippen LogP contribution in [0.1, 0.15) is 18.4 Å². The molecule has 0 saturated heterocycles. The Labute approximate surface area is 142 Å². The van der Waals surface area contributed by atoms with Crippen LogP contribution in [-0.4, -0.2) is 17.4 Å². The number of thiophene rings is 1. The molecule has 3 heterocycles. The molecule has 0 bridgehead atoms. The molecular weight excluding hydrogens is 326 g/mol. The fraction of sp³-hybridized carbons (Fsp3) is 0.176. The van der Waals surface area contributed by atoms with Gasteiger partial charge in [0.2, 0.25) is 4.80 Å². The van der Waals surface area contributed by atoms with E-state index in [1.807, 2.05) is 36.7 Å². The number of aryl methyl sites for hydroxylation is 1. The lowest BCUT2D eigenvalue weighted by molar-refractivity contribution is 0.527.